The molecule has 2 atom stereocenters. The minimum absolute atomic E-state index is 0.0957. The number of halogens is 1. The third kappa shape index (κ3) is 3.36. The number of sulfonamides is 1. The first-order valence-corrected chi connectivity index (χ1v) is 9.36. The molecule has 8 heteroatoms. The fourth-order valence-corrected chi connectivity index (χ4v) is 4.76. The van der Waals surface area contributed by atoms with Crippen LogP contribution in [-0.4, -0.2) is 43.7 Å². The van der Waals surface area contributed by atoms with Crippen molar-refractivity contribution in [2.24, 2.45) is 0 Å². The van der Waals surface area contributed by atoms with Crippen LogP contribution in [0.5, 0.6) is 0 Å². The van der Waals surface area contributed by atoms with Crippen molar-refractivity contribution in [3.8, 4) is 0 Å². The molecule has 1 saturated heterocycles. The Hall–Kier alpha value is -1.38. The normalized spacial score (nSPS) is 22.3. The highest BCUT2D eigenvalue weighted by Gasteiger charge is 2.45. The van der Waals surface area contributed by atoms with Gasteiger partial charge in [0.1, 0.15) is 11.0 Å². The molecule has 0 saturated carbocycles. The highest BCUT2D eigenvalue weighted by molar-refractivity contribution is 7.89. The van der Waals surface area contributed by atoms with E-state index < -0.39 is 21.3 Å². The van der Waals surface area contributed by atoms with Gasteiger partial charge in [-0.3, -0.25) is 4.84 Å². The SMILES string of the molecule is CN1OCC(S(=O)(=O)N(C)Cc2ccco2)C1c1cccc(Cl)c1. The molecule has 0 amide bonds. The first-order valence-electron chi connectivity index (χ1n) is 7.48. The van der Waals surface area contributed by atoms with Gasteiger partial charge in [-0.25, -0.2) is 8.42 Å². The van der Waals surface area contributed by atoms with Crippen LogP contribution in [0.2, 0.25) is 5.02 Å². The minimum atomic E-state index is -3.59. The Kier molecular flexibility index (Phi) is 4.98. The molecule has 3 rings (SSSR count). The lowest BCUT2D eigenvalue weighted by atomic mass is 10.0. The minimum Gasteiger partial charge on any atom is -0.468 e. The van der Waals surface area contributed by atoms with Gasteiger partial charge in [0.15, 0.2) is 0 Å². The average molecular weight is 371 g/mol. The summed E-state index contributed by atoms with van der Waals surface area (Å²) in [4.78, 5) is 5.51. The summed E-state index contributed by atoms with van der Waals surface area (Å²) in [7, 11) is -0.318. The highest BCUT2D eigenvalue weighted by atomic mass is 35.5. The summed E-state index contributed by atoms with van der Waals surface area (Å²) in [6.07, 6.45) is 1.52. The lowest BCUT2D eigenvalue weighted by Gasteiger charge is -2.26. The van der Waals surface area contributed by atoms with Gasteiger partial charge < -0.3 is 4.42 Å². The second-order valence-corrected chi connectivity index (χ2v) is 8.46. The molecular formula is C16H19ClN2O4S. The monoisotopic (exact) mass is 370 g/mol. The van der Waals surface area contributed by atoms with E-state index >= 15 is 0 Å². The van der Waals surface area contributed by atoms with Crippen LogP contribution in [0.3, 0.4) is 0 Å². The van der Waals surface area contributed by atoms with Crippen molar-refractivity contribution in [1.29, 1.82) is 0 Å². The molecule has 1 aliphatic heterocycles. The molecule has 0 radical (unpaired) electrons. The zero-order chi connectivity index (χ0) is 17.3. The number of nitrogens with zero attached hydrogens (tertiary/aromatic N) is 2. The van der Waals surface area contributed by atoms with E-state index in [0.29, 0.717) is 10.8 Å². The number of benzene rings is 1. The van der Waals surface area contributed by atoms with E-state index in [1.807, 2.05) is 6.07 Å². The summed E-state index contributed by atoms with van der Waals surface area (Å²) in [5.74, 6) is 0.590. The van der Waals surface area contributed by atoms with Crippen LogP contribution in [0, 0.1) is 0 Å². The van der Waals surface area contributed by atoms with Crippen LogP contribution < -0.4 is 0 Å². The van der Waals surface area contributed by atoms with E-state index in [4.69, 9.17) is 20.9 Å². The van der Waals surface area contributed by atoms with E-state index in [0.717, 1.165) is 5.56 Å². The van der Waals surface area contributed by atoms with Crippen molar-refractivity contribution in [2.45, 2.75) is 17.8 Å². The van der Waals surface area contributed by atoms with Crippen molar-refractivity contribution >= 4 is 21.6 Å². The average Bonchev–Trinajstić information content (AvgIpc) is 3.16. The first kappa shape index (κ1) is 17.4. The largest absolute Gasteiger partial charge is 0.468 e. The van der Waals surface area contributed by atoms with Gasteiger partial charge in [-0.1, -0.05) is 23.7 Å². The summed E-state index contributed by atoms with van der Waals surface area (Å²) >= 11 is 6.06. The van der Waals surface area contributed by atoms with E-state index in [9.17, 15) is 8.42 Å². The standard InChI is InChI=1S/C16H19ClN2O4S/c1-18(10-14-7-4-8-22-14)24(20,21)15-11-23-19(2)16(15)12-5-3-6-13(17)9-12/h3-9,15-16H,10-11H2,1-2H3. The lowest BCUT2D eigenvalue weighted by Crippen LogP contribution is -2.40. The smallest absolute Gasteiger partial charge is 0.221 e. The Morgan fingerprint density at radius 1 is 1.33 bits per heavy atom. The Morgan fingerprint density at radius 3 is 2.79 bits per heavy atom. The van der Waals surface area contributed by atoms with Gasteiger partial charge in [-0.05, 0) is 29.8 Å². The zero-order valence-corrected chi connectivity index (χ0v) is 15.0. The molecule has 0 aliphatic carbocycles. The van der Waals surface area contributed by atoms with Crippen LogP contribution in [-0.2, 0) is 21.4 Å². The topological polar surface area (TPSA) is 63.0 Å². The van der Waals surface area contributed by atoms with Gasteiger partial charge in [-0.2, -0.15) is 9.37 Å². The molecule has 2 heterocycles. The van der Waals surface area contributed by atoms with Crippen molar-refractivity contribution in [3.63, 3.8) is 0 Å². The molecular weight excluding hydrogens is 352 g/mol. The van der Waals surface area contributed by atoms with Gasteiger partial charge in [0, 0.05) is 19.1 Å². The number of hydroxylamine groups is 2. The molecule has 2 unspecified atom stereocenters. The second kappa shape index (κ2) is 6.85. The fourth-order valence-electron chi connectivity index (χ4n) is 2.90. The van der Waals surface area contributed by atoms with Crippen molar-refractivity contribution in [3.05, 3.63) is 59.0 Å². The van der Waals surface area contributed by atoms with Crippen LogP contribution in [0.25, 0.3) is 0 Å². The molecule has 1 aromatic carbocycles. The number of hydrogen-bond donors (Lipinski definition) is 0. The number of furan rings is 1. The molecule has 1 aromatic heterocycles. The molecule has 24 heavy (non-hydrogen) atoms. The summed E-state index contributed by atoms with van der Waals surface area (Å²) < 4.78 is 32.6. The molecule has 6 nitrogen and oxygen atoms in total. The highest BCUT2D eigenvalue weighted by Crippen LogP contribution is 2.35. The van der Waals surface area contributed by atoms with Gasteiger partial charge in [-0.15, -0.1) is 0 Å². The lowest BCUT2D eigenvalue weighted by molar-refractivity contribution is -0.110. The molecule has 0 spiro atoms. The van der Waals surface area contributed by atoms with Crippen molar-refractivity contribution in [2.75, 3.05) is 20.7 Å². The Bertz CT molecular complexity index is 794. The number of hydrogen-bond acceptors (Lipinski definition) is 5. The Labute approximate surface area is 146 Å². The molecule has 1 fully saturated rings. The van der Waals surface area contributed by atoms with Crippen LogP contribution in [0.15, 0.2) is 47.1 Å². The van der Waals surface area contributed by atoms with Gasteiger partial charge >= 0.3 is 0 Å². The molecule has 0 N–H and O–H groups in total. The van der Waals surface area contributed by atoms with Gasteiger partial charge in [0.05, 0.1) is 25.5 Å². The second-order valence-electron chi connectivity index (χ2n) is 5.76. The van der Waals surface area contributed by atoms with Crippen LogP contribution >= 0.6 is 11.6 Å². The van der Waals surface area contributed by atoms with E-state index in [1.54, 1.807) is 49.5 Å². The molecule has 130 valence electrons. The maximum Gasteiger partial charge on any atom is 0.221 e. The Morgan fingerprint density at radius 2 is 2.12 bits per heavy atom. The Balaban J connectivity index is 1.88. The van der Waals surface area contributed by atoms with E-state index in [-0.39, 0.29) is 13.2 Å². The molecule has 0 bridgehead atoms. The van der Waals surface area contributed by atoms with Crippen LogP contribution in [0.1, 0.15) is 17.4 Å². The molecule has 1 aliphatic rings. The maximum absolute atomic E-state index is 13.0. The quantitative estimate of drug-likeness (QED) is 0.809. The predicted octanol–water partition coefficient (Wildman–Crippen LogP) is 2.68. The summed E-state index contributed by atoms with van der Waals surface area (Å²) in [6, 6.07) is 10.2. The fraction of sp³-hybridized carbons (Fsp3) is 0.375. The van der Waals surface area contributed by atoms with Gasteiger partial charge in [0.25, 0.3) is 0 Å². The van der Waals surface area contributed by atoms with Crippen LogP contribution in [0.4, 0.5) is 0 Å². The third-order valence-electron chi connectivity index (χ3n) is 4.15. The van der Waals surface area contributed by atoms with E-state index in [1.165, 1.54) is 10.6 Å². The summed E-state index contributed by atoms with van der Waals surface area (Å²) in [5.41, 5.74) is 0.808. The summed E-state index contributed by atoms with van der Waals surface area (Å²) in [5, 5.41) is 1.42. The zero-order valence-electron chi connectivity index (χ0n) is 13.4. The summed E-state index contributed by atoms with van der Waals surface area (Å²) in [6.45, 7) is 0.274. The maximum atomic E-state index is 13.0. The van der Waals surface area contributed by atoms with Crippen molar-refractivity contribution < 1.29 is 17.7 Å². The first-order chi connectivity index (χ1) is 11.4. The third-order valence-corrected chi connectivity index (χ3v) is 6.54. The van der Waals surface area contributed by atoms with Crippen molar-refractivity contribution in [1.82, 2.24) is 9.37 Å². The van der Waals surface area contributed by atoms with Gasteiger partial charge in [0.2, 0.25) is 10.0 Å². The predicted molar refractivity (Wildman–Crippen MR) is 90.8 cm³/mol. The molecule has 2 aromatic rings. The van der Waals surface area contributed by atoms with E-state index in [2.05, 4.69) is 0 Å². The number of rotatable bonds is 5.